The molecule has 3 nitrogen and oxygen atoms in total. The first-order chi connectivity index (χ1) is 8.10. The minimum absolute atomic E-state index is 0.0467. The Labute approximate surface area is 102 Å². The number of hydrogen-bond acceptors (Lipinski definition) is 2. The number of amides is 1. The molecule has 0 aliphatic heterocycles. The third-order valence-electron chi connectivity index (χ3n) is 2.48. The van der Waals surface area contributed by atoms with Gasteiger partial charge in [0, 0.05) is 24.3 Å². The number of carbonyl (C=O) groups is 1. The van der Waals surface area contributed by atoms with Crippen molar-refractivity contribution < 1.29 is 4.79 Å². The normalized spacial score (nSPS) is 9.71. The third-order valence-corrected chi connectivity index (χ3v) is 2.48. The molecule has 1 aromatic rings. The zero-order valence-electron chi connectivity index (χ0n) is 10.1. The van der Waals surface area contributed by atoms with E-state index in [2.05, 4.69) is 13.2 Å². The van der Waals surface area contributed by atoms with Gasteiger partial charge in [-0.25, -0.2) is 0 Å². The molecule has 0 spiro atoms. The van der Waals surface area contributed by atoms with Gasteiger partial charge in [-0.1, -0.05) is 18.2 Å². The van der Waals surface area contributed by atoms with E-state index in [1.807, 2.05) is 13.0 Å². The lowest BCUT2D eigenvalue weighted by molar-refractivity contribution is 0.0790. The fraction of sp³-hybridized carbons (Fsp3) is 0.214. The Morgan fingerprint density at radius 2 is 1.94 bits per heavy atom. The molecule has 0 fully saturated rings. The summed E-state index contributed by atoms with van der Waals surface area (Å²) in [6, 6.07) is 5.34. The summed E-state index contributed by atoms with van der Waals surface area (Å²) in [7, 11) is 0. The first-order valence-electron chi connectivity index (χ1n) is 5.47. The maximum Gasteiger partial charge on any atom is 0.254 e. The molecule has 1 amide bonds. The SMILES string of the molecule is C=CCN(CC=C)C(=O)c1cc(N)ccc1C. The van der Waals surface area contributed by atoms with Gasteiger partial charge in [0.25, 0.3) is 5.91 Å². The van der Waals surface area contributed by atoms with Crippen molar-refractivity contribution in [2.45, 2.75) is 6.92 Å². The lowest BCUT2D eigenvalue weighted by Gasteiger charge is -2.20. The van der Waals surface area contributed by atoms with Crippen LogP contribution in [0.5, 0.6) is 0 Å². The van der Waals surface area contributed by atoms with Crippen LogP contribution in [0.15, 0.2) is 43.5 Å². The molecule has 3 heteroatoms. The molecule has 90 valence electrons. The summed E-state index contributed by atoms with van der Waals surface area (Å²) < 4.78 is 0. The predicted molar refractivity (Wildman–Crippen MR) is 71.9 cm³/mol. The minimum atomic E-state index is -0.0467. The molecule has 0 saturated heterocycles. The Balaban J connectivity index is 3.03. The molecule has 1 rings (SSSR count). The molecule has 0 aliphatic carbocycles. The quantitative estimate of drug-likeness (QED) is 0.623. The zero-order chi connectivity index (χ0) is 12.8. The summed E-state index contributed by atoms with van der Waals surface area (Å²) in [4.78, 5) is 13.9. The lowest BCUT2D eigenvalue weighted by Crippen LogP contribution is -2.31. The van der Waals surface area contributed by atoms with Crippen LogP contribution in [-0.2, 0) is 0 Å². The Kier molecular flexibility index (Phi) is 4.52. The number of nitrogens with two attached hydrogens (primary N) is 1. The van der Waals surface area contributed by atoms with Crippen LogP contribution >= 0.6 is 0 Å². The number of rotatable bonds is 5. The standard InChI is InChI=1S/C14H18N2O/c1-4-8-16(9-5-2)14(17)13-10-12(15)7-6-11(13)3/h4-7,10H,1-2,8-9,15H2,3H3. The van der Waals surface area contributed by atoms with Crippen LogP contribution in [-0.4, -0.2) is 23.9 Å². The number of hydrogen-bond donors (Lipinski definition) is 1. The zero-order valence-corrected chi connectivity index (χ0v) is 10.1. The molecule has 2 N–H and O–H groups in total. The summed E-state index contributed by atoms with van der Waals surface area (Å²) in [5, 5.41) is 0. The van der Waals surface area contributed by atoms with Gasteiger partial charge in [-0.3, -0.25) is 4.79 Å². The highest BCUT2D eigenvalue weighted by molar-refractivity contribution is 5.96. The Bertz CT molecular complexity index is 428. The second kappa shape index (κ2) is 5.89. The summed E-state index contributed by atoms with van der Waals surface area (Å²) >= 11 is 0. The van der Waals surface area contributed by atoms with Crippen LogP contribution in [0, 0.1) is 6.92 Å². The van der Waals surface area contributed by atoms with Crippen molar-refractivity contribution in [3.8, 4) is 0 Å². The fourth-order valence-electron chi connectivity index (χ4n) is 1.59. The molecular formula is C14H18N2O. The lowest BCUT2D eigenvalue weighted by atomic mass is 10.1. The van der Waals surface area contributed by atoms with Crippen molar-refractivity contribution in [3.63, 3.8) is 0 Å². The first kappa shape index (κ1) is 13.0. The highest BCUT2D eigenvalue weighted by Crippen LogP contribution is 2.15. The van der Waals surface area contributed by atoms with Crippen molar-refractivity contribution in [3.05, 3.63) is 54.6 Å². The number of nitrogen functional groups attached to an aromatic ring is 1. The molecule has 0 radical (unpaired) electrons. The molecule has 1 aromatic carbocycles. The van der Waals surface area contributed by atoms with Crippen molar-refractivity contribution in [2.24, 2.45) is 0 Å². The Hall–Kier alpha value is -2.03. The smallest absolute Gasteiger partial charge is 0.254 e. The summed E-state index contributed by atoms with van der Waals surface area (Å²) in [5.74, 6) is -0.0467. The van der Waals surface area contributed by atoms with Gasteiger partial charge >= 0.3 is 0 Å². The average molecular weight is 230 g/mol. The van der Waals surface area contributed by atoms with E-state index in [-0.39, 0.29) is 5.91 Å². The van der Waals surface area contributed by atoms with Gasteiger partial charge in [-0.2, -0.15) is 0 Å². The maximum atomic E-state index is 12.3. The van der Waals surface area contributed by atoms with E-state index in [1.165, 1.54) is 0 Å². The van der Waals surface area contributed by atoms with E-state index < -0.39 is 0 Å². The molecule has 17 heavy (non-hydrogen) atoms. The molecule has 0 aliphatic rings. The van der Waals surface area contributed by atoms with Gasteiger partial charge in [0.05, 0.1) is 0 Å². The summed E-state index contributed by atoms with van der Waals surface area (Å²) in [6.07, 6.45) is 3.39. The third kappa shape index (κ3) is 3.21. The average Bonchev–Trinajstić information content (AvgIpc) is 2.31. The maximum absolute atomic E-state index is 12.3. The van der Waals surface area contributed by atoms with Gasteiger partial charge in [-0.15, -0.1) is 13.2 Å². The molecule has 0 heterocycles. The molecule has 0 atom stereocenters. The molecule has 0 aromatic heterocycles. The highest BCUT2D eigenvalue weighted by Gasteiger charge is 2.15. The summed E-state index contributed by atoms with van der Waals surface area (Å²) in [6.45, 7) is 10.2. The van der Waals surface area contributed by atoms with Crippen LogP contribution in [0.4, 0.5) is 5.69 Å². The minimum Gasteiger partial charge on any atom is -0.399 e. The van der Waals surface area contributed by atoms with E-state index in [0.717, 1.165) is 5.56 Å². The van der Waals surface area contributed by atoms with E-state index >= 15 is 0 Å². The van der Waals surface area contributed by atoms with Gasteiger partial charge in [0.2, 0.25) is 0 Å². The van der Waals surface area contributed by atoms with Crippen LogP contribution in [0.3, 0.4) is 0 Å². The van der Waals surface area contributed by atoms with E-state index in [1.54, 1.807) is 29.2 Å². The van der Waals surface area contributed by atoms with Crippen molar-refractivity contribution in [1.29, 1.82) is 0 Å². The van der Waals surface area contributed by atoms with Crippen molar-refractivity contribution >= 4 is 11.6 Å². The molecule has 0 unspecified atom stereocenters. The van der Waals surface area contributed by atoms with Gasteiger partial charge in [0.1, 0.15) is 0 Å². The topological polar surface area (TPSA) is 46.3 Å². The number of benzene rings is 1. The Morgan fingerprint density at radius 1 is 1.35 bits per heavy atom. The molecular weight excluding hydrogens is 212 g/mol. The van der Waals surface area contributed by atoms with E-state index in [9.17, 15) is 4.79 Å². The molecule has 0 saturated carbocycles. The van der Waals surface area contributed by atoms with Gasteiger partial charge in [-0.05, 0) is 24.6 Å². The number of carbonyl (C=O) groups excluding carboxylic acids is 1. The highest BCUT2D eigenvalue weighted by atomic mass is 16.2. The van der Waals surface area contributed by atoms with Crippen LogP contribution < -0.4 is 5.73 Å². The number of nitrogens with zero attached hydrogens (tertiary/aromatic N) is 1. The fourth-order valence-corrected chi connectivity index (χ4v) is 1.59. The van der Waals surface area contributed by atoms with Crippen LogP contribution in [0.2, 0.25) is 0 Å². The van der Waals surface area contributed by atoms with Crippen LogP contribution in [0.1, 0.15) is 15.9 Å². The van der Waals surface area contributed by atoms with Gasteiger partial charge < -0.3 is 10.6 Å². The largest absolute Gasteiger partial charge is 0.399 e. The monoisotopic (exact) mass is 230 g/mol. The number of aryl methyl sites for hydroxylation is 1. The second-order valence-electron chi connectivity index (χ2n) is 3.86. The summed E-state index contributed by atoms with van der Waals surface area (Å²) in [5.41, 5.74) is 7.85. The van der Waals surface area contributed by atoms with Crippen LogP contribution in [0.25, 0.3) is 0 Å². The first-order valence-corrected chi connectivity index (χ1v) is 5.47. The second-order valence-corrected chi connectivity index (χ2v) is 3.86. The van der Waals surface area contributed by atoms with Crippen molar-refractivity contribution in [1.82, 2.24) is 4.90 Å². The van der Waals surface area contributed by atoms with E-state index in [4.69, 9.17) is 5.73 Å². The number of anilines is 1. The predicted octanol–water partition coefficient (Wildman–Crippen LogP) is 2.39. The van der Waals surface area contributed by atoms with Gasteiger partial charge in [0.15, 0.2) is 0 Å². The molecule has 0 bridgehead atoms. The van der Waals surface area contributed by atoms with Crippen molar-refractivity contribution in [2.75, 3.05) is 18.8 Å². The Morgan fingerprint density at radius 3 is 2.47 bits per heavy atom. The van der Waals surface area contributed by atoms with E-state index in [0.29, 0.717) is 24.3 Å².